The summed E-state index contributed by atoms with van der Waals surface area (Å²) in [4.78, 5) is 8.85. The molecule has 0 aliphatic heterocycles. The summed E-state index contributed by atoms with van der Waals surface area (Å²) >= 11 is 0. The summed E-state index contributed by atoms with van der Waals surface area (Å²) in [5, 5.41) is 6.45. The van der Waals surface area contributed by atoms with E-state index >= 15 is 0 Å². The highest BCUT2D eigenvalue weighted by molar-refractivity contribution is 6.20. The largest absolute Gasteiger partial charge is 0.439 e. The summed E-state index contributed by atoms with van der Waals surface area (Å²) in [6.07, 6.45) is 7.50. The van der Waals surface area contributed by atoms with Crippen molar-refractivity contribution in [3.63, 3.8) is 0 Å². The van der Waals surface area contributed by atoms with Crippen molar-refractivity contribution in [1.82, 2.24) is 19.1 Å². The van der Waals surface area contributed by atoms with Crippen molar-refractivity contribution in [2.45, 2.75) is 0 Å². The number of aromatic nitrogens is 4. The molecule has 9 aromatic rings. The van der Waals surface area contributed by atoms with Gasteiger partial charge in [0.15, 0.2) is 0 Å². The molecule has 0 bridgehead atoms. The zero-order valence-corrected chi connectivity index (χ0v) is 20.0. The lowest BCUT2D eigenvalue weighted by molar-refractivity contribution is 0.644. The van der Waals surface area contributed by atoms with Crippen LogP contribution in [0.25, 0.3) is 77.3 Å². The van der Waals surface area contributed by atoms with Crippen molar-refractivity contribution in [1.29, 1.82) is 0 Å². The Morgan fingerprint density at radius 2 is 1.00 bits per heavy atom. The molecule has 0 fully saturated rings. The molecule has 6 aromatic heterocycles. The van der Waals surface area contributed by atoms with E-state index in [0.717, 1.165) is 77.3 Å². The van der Waals surface area contributed by atoms with E-state index in [1.54, 1.807) is 0 Å². The number of fused-ring (bicyclic) bond motifs is 10. The molecule has 178 valence electrons. The molecule has 9 rings (SSSR count). The van der Waals surface area contributed by atoms with Crippen LogP contribution in [0.1, 0.15) is 0 Å². The Bertz CT molecular complexity index is 2200. The zero-order chi connectivity index (χ0) is 24.8. The molecule has 6 heteroatoms. The second-order valence-electron chi connectivity index (χ2n) is 9.53. The third-order valence-corrected chi connectivity index (χ3v) is 7.52. The van der Waals surface area contributed by atoms with E-state index in [4.69, 9.17) is 8.83 Å². The predicted molar refractivity (Wildman–Crippen MR) is 150 cm³/mol. The number of nitrogens with zero attached hydrogens (tertiary/aromatic N) is 4. The van der Waals surface area contributed by atoms with Crippen LogP contribution in [0.15, 0.2) is 119 Å². The van der Waals surface area contributed by atoms with Crippen LogP contribution >= 0.6 is 0 Å². The first kappa shape index (κ1) is 19.8. The molecule has 6 nitrogen and oxygen atoms in total. The molecule has 0 aliphatic carbocycles. The number of furan rings is 2. The van der Waals surface area contributed by atoms with Gasteiger partial charge in [0.2, 0.25) is 11.4 Å². The van der Waals surface area contributed by atoms with Crippen molar-refractivity contribution in [3.8, 4) is 11.4 Å². The van der Waals surface area contributed by atoms with Gasteiger partial charge in [-0.1, -0.05) is 42.5 Å². The first-order valence-corrected chi connectivity index (χ1v) is 12.5. The van der Waals surface area contributed by atoms with Gasteiger partial charge in [0.1, 0.15) is 11.2 Å². The van der Waals surface area contributed by atoms with Crippen molar-refractivity contribution in [2.75, 3.05) is 0 Å². The highest BCUT2D eigenvalue weighted by Crippen LogP contribution is 2.41. The van der Waals surface area contributed by atoms with Gasteiger partial charge in [-0.25, -0.2) is 0 Å². The quantitative estimate of drug-likeness (QED) is 0.245. The van der Waals surface area contributed by atoms with Gasteiger partial charge in [0, 0.05) is 46.3 Å². The van der Waals surface area contributed by atoms with E-state index in [9.17, 15) is 0 Å². The van der Waals surface area contributed by atoms with E-state index in [1.165, 1.54) is 0 Å². The molecule has 0 aliphatic rings. The minimum absolute atomic E-state index is 0.807. The molecular weight excluding hydrogens is 472 g/mol. The third kappa shape index (κ3) is 2.46. The van der Waals surface area contributed by atoms with Crippen LogP contribution in [0, 0.1) is 0 Å². The fraction of sp³-hybridized carbons (Fsp3) is 0. The minimum atomic E-state index is 0.807. The predicted octanol–water partition coefficient (Wildman–Crippen LogP) is 8.16. The fourth-order valence-electron chi connectivity index (χ4n) is 5.95. The fourth-order valence-corrected chi connectivity index (χ4v) is 5.95. The summed E-state index contributed by atoms with van der Waals surface area (Å²) in [5.74, 6) is 0. The van der Waals surface area contributed by atoms with Gasteiger partial charge in [-0.15, -0.1) is 0 Å². The molecule has 0 saturated carbocycles. The summed E-state index contributed by atoms with van der Waals surface area (Å²) in [7, 11) is 0. The Kier molecular flexibility index (Phi) is 3.70. The number of hydrogen-bond acceptors (Lipinski definition) is 4. The molecule has 0 spiro atoms. The maximum absolute atomic E-state index is 6.44. The highest BCUT2D eigenvalue weighted by atomic mass is 16.3. The second kappa shape index (κ2) is 7.11. The molecular formula is C32H18N4O2. The van der Waals surface area contributed by atoms with E-state index in [0.29, 0.717) is 0 Å². The van der Waals surface area contributed by atoms with Gasteiger partial charge in [-0.05, 0) is 42.5 Å². The number of para-hydroxylation sites is 2. The first-order valence-electron chi connectivity index (χ1n) is 12.5. The van der Waals surface area contributed by atoms with Crippen molar-refractivity contribution in [3.05, 3.63) is 110 Å². The Balaban J connectivity index is 1.37. The molecule has 0 radical (unpaired) electrons. The van der Waals surface area contributed by atoms with Gasteiger partial charge < -0.3 is 8.83 Å². The average Bonchev–Trinajstić information content (AvgIpc) is 3.69. The number of hydrogen-bond donors (Lipinski definition) is 0. The Morgan fingerprint density at radius 3 is 1.53 bits per heavy atom. The topological polar surface area (TPSA) is 61.9 Å². The van der Waals surface area contributed by atoms with Crippen LogP contribution in [-0.2, 0) is 0 Å². The maximum Gasteiger partial charge on any atom is 0.213 e. The second-order valence-corrected chi connectivity index (χ2v) is 9.53. The third-order valence-electron chi connectivity index (χ3n) is 7.52. The average molecular weight is 491 g/mol. The van der Waals surface area contributed by atoms with Crippen molar-refractivity contribution in [2.24, 2.45) is 0 Å². The van der Waals surface area contributed by atoms with Crippen molar-refractivity contribution < 1.29 is 8.83 Å². The van der Waals surface area contributed by atoms with E-state index in [1.807, 2.05) is 73.3 Å². The minimum Gasteiger partial charge on any atom is -0.439 e. The monoisotopic (exact) mass is 490 g/mol. The normalized spacial score (nSPS) is 12.2. The smallest absolute Gasteiger partial charge is 0.213 e. The van der Waals surface area contributed by atoms with Crippen LogP contribution in [0.3, 0.4) is 0 Å². The van der Waals surface area contributed by atoms with Gasteiger partial charge >= 0.3 is 0 Å². The van der Waals surface area contributed by atoms with Gasteiger partial charge in [0.25, 0.3) is 0 Å². The van der Waals surface area contributed by atoms with Crippen molar-refractivity contribution >= 4 is 65.9 Å². The summed E-state index contributed by atoms with van der Waals surface area (Å²) in [6.45, 7) is 0. The molecule has 38 heavy (non-hydrogen) atoms. The maximum atomic E-state index is 6.44. The Morgan fingerprint density at radius 1 is 0.500 bits per heavy atom. The number of rotatable bonds is 2. The number of benzene rings is 3. The standard InChI is InChI=1S/C32H18N4O2/c1-3-10-27-21(8-1)29-23-17-33-14-12-25(23)35(31(29)37-27)19-6-5-7-20(16-19)36-26-13-15-34-18-24(26)30-22-9-2-4-11-28(22)38-32(30)36/h1-18H. The van der Waals surface area contributed by atoms with Crippen LogP contribution < -0.4 is 0 Å². The van der Waals surface area contributed by atoms with Crippen LogP contribution in [0.4, 0.5) is 0 Å². The molecule has 6 heterocycles. The molecule has 0 unspecified atom stereocenters. The van der Waals surface area contributed by atoms with E-state index < -0.39 is 0 Å². The van der Waals surface area contributed by atoms with Gasteiger partial charge in [-0.3, -0.25) is 19.1 Å². The van der Waals surface area contributed by atoms with E-state index in [-0.39, 0.29) is 0 Å². The highest BCUT2D eigenvalue weighted by Gasteiger charge is 2.22. The Labute approximate surface area is 215 Å². The zero-order valence-electron chi connectivity index (χ0n) is 20.0. The molecule has 0 N–H and O–H groups in total. The van der Waals surface area contributed by atoms with Crippen LogP contribution in [0.5, 0.6) is 0 Å². The summed E-state index contributed by atoms with van der Waals surface area (Å²) < 4.78 is 17.2. The molecule has 0 saturated heterocycles. The lowest BCUT2D eigenvalue weighted by atomic mass is 10.1. The number of pyridine rings is 2. The molecule has 3 aromatic carbocycles. The molecule has 0 amide bonds. The van der Waals surface area contributed by atoms with Gasteiger partial charge in [-0.2, -0.15) is 0 Å². The lowest BCUT2D eigenvalue weighted by Gasteiger charge is -2.11. The molecule has 0 atom stereocenters. The van der Waals surface area contributed by atoms with E-state index in [2.05, 4.69) is 55.5 Å². The Hall–Kier alpha value is -5.36. The lowest BCUT2D eigenvalue weighted by Crippen LogP contribution is -1.98. The van der Waals surface area contributed by atoms with Gasteiger partial charge in [0.05, 0.1) is 33.2 Å². The first-order chi connectivity index (χ1) is 18.9. The van der Waals surface area contributed by atoms with Crippen LogP contribution in [-0.4, -0.2) is 19.1 Å². The SMILES string of the molecule is c1cc(-n2c3ccncc3c3c4ccccc4oc32)cc(-n2c3ccncc3c3c4ccccc4oc32)c1. The summed E-state index contributed by atoms with van der Waals surface area (Å²) in [6, 6.07) is 28.9. The van der Waals surface area contributed by atoms with Crippen LogP contribution in [0.2, 0.25) is 0 Å². The summed E-state index contributed by atoms with van der Waals surface area (Å²) in [5.41, 5.74) is 7.42.